The lowest BCUT2D eigenvalue weighted by atomic mass is 10.3. The van der Waals surface area contributed by atoms with E-state index in [1.807, 2.05) is 0 Å². The first-order valence-electron chi connectivity index (χ1n) is 8.98. The van der Waals surface area contributed by atoms with Crippen molar-refractivity contribution in [1.29, 1.82) is 0 Å². The molecule has 0 aromatic heterocycles. The molecular formula is C18H36O2S2Si. The maximum atomic E-state index is 9.66. The molecule has 0 aromatic carbocycles. The Labute approximate surface area is 152 Å². The van der Waals surface area contributed by atoms with Gasteiger partial charge in [-0.3, -0.25) is 0 Å². The molecule has 0 radical (unpaired) electrons. The van der Waals surface area contributed by atoms with Crippen LogP contribution in [-0.2, 0) is 0 Å². The van der Waals surface area contributed by atoms with Crippen LogP contribution in [0.25, 0.3) is 0 Å². The van der Waals surface area contributed by atoms with Gasteiger partial charge in [0.15, 0.2) is 0 Å². The lowest BCUT2D eigenvalue weighted by molar-refractivity contribution is 0.131. The van der Waals surface area contributed by atoms with Gasteiger partial charge in [-0.05, 0) is 41.0 Å². The molecule has 1 heterocycles. The van der Waals surface area contributed by atoms with Gasteiger partial charge in [0.05, 0.1) is 24.5 Å². The quantitative estimate of drug-likeness (QED) is 0.458. The molecule has 1 rings (SSSR count). The molecule has 0 aliphatic carbocycles. The Morgan fingerprint density at radius 3 is 1.87 bits per heavy atom. The van der Waals surface area contributed by atoms with Gasteiger partial charge < -0.3 is 10.2 Å². The Morgan fingerprint density at radius 1 is 1.00 bits per heavy atom. The molecule has 0 amide bonds. The minimum atomic E-state index is -1.63. The topological polar surface area (TPSA) is 40.5 Å². The van der Waals surface area contributed by atoms with E-state index in [0.29, 0.717) is 0 Å². The minimum Gasteiger partial charge on any atom is -0.393 e. The van der Waals surface area contributed by atoms with Gasteiger partial charge >= 0.3 is 0 Å². The molecule has 23 heavy (non-hydrogen) atoms. The lowest BCUT2D eigenvalue weighted by Crippen LogP contribution is -2.61. The molecule has 0 saturated carbocycles. The second-order valence-corrected chi connectivity index (χ2v) is 17.5. The first-order chi connectivity index (χ1) is 10.7. The van der Waals surface area contributed by atoms with Crippen LogP contribution in [0.4, 0.5) is 0 Å². The van der Waals surface area contributed by atoms with E-state index in [9.17, 15) is 5.11 Å². The average Bonchev–Trinajstić information content (AvgIpc) is 2.47. The first kappa shape index (κ1) is 21.6. The van der Waals surface area contributed by atoms with Crippen molar-refractivity contribution in [3.05, 3.63) is 12.2 Å². The van der Waals surface area contributed by atoms with Crippen LogP contribution in [0.1, 0.15) is 54.4 Å². The summed E-state index contributed by atoms with van der Waals surface area (Å²) >= 11 is 4.38. The van der Waals surface area contributed by atoms with Gasteiger partial charge in [0.2, 0.25) is 0 Å². The monoisotopic (exact) mass is 376 g/mol. The third-order valence-electron chi connectivity index (χ3n) is 5.42. The van der Waals surface area contributed by atoms with E-state index in [-0.39, 0.29) is 10.3 Å². The summed E-state index contributed by atoms with van der Waals surface area (Å²) in [6.07, 6.45) is 5.52. The summed E-state index contributed by atoms with van der Waals surface area (Å²) in [6.45, 7) is 14.5. The summed E-state index contributed by atoms with van der Waals surface area (Å²) in [6, 6.07) is 0. The fourth-order valence-electron chi connectivity index (χ4n) is 4.88. The molecule has 0 bridgehead atoms. The number of allylic oxidation sites excluding steroid dienone is 1. The number of aliphatic hydroxyl groups excluding tert-OH is 2. The van der Waals surface area contributed by atoms with Crippen LogP contribution < -0.4 is 0 Å². The molecular weight excluding hydrogens is 340 g/mol. The van der Waals surface area contributed by atoms with Crippen LogP contribution >= 0.6 is 23.5 Å². The van der Waals surface area contributed by atoms with E-state index in [1.54, 1.807) is 6.08 Å². The van der Waals surface area contributed by atoms with Crippen LogP contribution in [0.5, 0.6) is 0 Å². The molecule has 0 spiro atoms. The SMILES string of the molecule is CC(C)[Si](C(C)C)(C(C)C)C1(C/C=C/[C@H](O)CO)SCCCS1. The molecule has 2 nitrogen and oxygen atoms in total. The molecule has 1 saturated heterocycles. The normalized spacial score (nSPS) is 20.8. The molecule has 1 aliphatic heterocycles. The summed E-state index contributed by atoms with van der Waals surface area (Å²) in [5, 5.41) is 18.7. The molecule has 0 aromatic rings. The number of aliphatic hydroxyl groups is 2. The van der Waals surface area contributed by atoms with Crippen molar-refractivity contribution in [3.8, 4) is 0 Å². The zero-order valence-electron chi connectivity index (χ0n) is 15.7. The second-order valence-electron chi connectivity index (χ2n) is 7.58. The van der Waals surface area contributed by atoms with Crippen molar-refractivity contribution >= 4 is 31.6 Å². The van der Waals surface area contributed by atoms with Gasteiger partial charge in [-0.1, -0.05) is 53.7 Å². The van der Waals surface area contributed by atoms with Crippen LogP contribution in [0.15, 0.2) is 12.2 Å². The Morgan fingerprint density at radius 2 is 1.48 bits per heavy atom. The Hall–Kier alpha value is 0.577. The van der Waals surface area contributed by atoms with Crippen molar-refractivity contribution < 1.29 is 10.2 Å². The number of hydrogen-bond acceptors (Lipinski definition) is 4. The van der Waals surface area contributed by atoms with Crippen LogP contribution in [-0.4, -0.2) is 46.2 Å². The maximum Gasteiger partial charge on any atom is 0.0951 e. The zero-order valence-corrected chi connectivity index (χ0v) is 18.3. The summed E-state index contributed by atoms with van der Waals surface area (Å²) < 4.78 is 0.285. The van der Waals surface area contributed by atoms with E-state index in [2.05, 4.69) is 71.1 Å². The average molecular weight is 377 g/mol. The molecule has 1 atom stereocenters. The third-order valence-corrected chi connectivity index (χ3v) is 18.6. The molecule has 136 valence electrons. The first-order valence-corrected chi connectivity index (χ1v) is 13.2. The second kappa shape index (κ2) is 9.32. The van der Waals surface area contributed by atoms with Crippen molar-refractivity contribution in [2.75, 3.05) is 18.1 Å². The Kier molecular flexibility index (Phi) is 8.76. The van der Waals surface area contributed by atoms with E-state index < -0.39 is 14.2 Å². The van der Waals surface area contributed by atoms with E-state index in [0.717, 1.165) is 23.0 Å². The number of thioether (sulfide) groups is 2. The lowest BCUT2D eigenvalue weighted by Gasteiger charge is -2.57. The highest BCUT2D eigenvalue weighted by molar-refractivity contribution is 8.21. The zero-order chi connectivity index (χ0) is 17.7. The fraction of sp³-hybridized carbons (Fsp3) is 0.889. The maximum absolute atomic E-state index is 9.66. The minimum absolute atomic E-state index is 0.190. The molecule has 0 unspecified atom stereocenters. The molecule has 2 N–H and O–H groups in total. The van der Waals surface area contributed by atoms with Gasteiger partial charge in [-0.2, -0.15) is 0 Å². The predicted octanol–water partition coefficient (Wildman–Crippen LogP) is 5.07. The van der Waals surface area contributed by atoms with Crippen molar-refractivity contribution in [3.63, 3.8) is 0 Å². The van der Waals surface area contributed by atoms with E-state index in [1.165, 1.54) is 17.9 Å². The van der Waals surface area contributed by atoms with Crippen molar-refractivity contribution in [2.45, 2.75) is 80.8 Å². The predicted molar refractivity (Wildman–Crippen MR) is 110 cm³/mol. The Balaban J connectivity index is 3.27. The highest BCUT2D eigenvalue weighted by Crippen LogP contribution is 2.61. The van der Waals surface area contributed by atoms with Gasteiger partial charge in [0.25, 0.3) is 0 Å². The van der Waals surface area contributed by atoms with Crippen molar-refractivity contribution in [1.82, 2.24) is 0 Å². The third kappa shape index (κ3) is 4.41. The number of hydrogen-bond donors (Lipinski definition) is 2. The molecule has 1 aliphatic rings. The van der Waals surface area contributed by atoms with Gasteiger partial charge in [-0.15, -0.1) is 23.5 Å². The van der Waals surface area contributed by atoms with Crippen molar-refractivity contribution in [2.24, 2.45) is 0 Å². The fourth-order valence-corrected chi connectivity index (χ4v) is 21.5. The van der Waals surface area contributed by atoms with Crippen LogP contribution in [0.3, 0.4) is 0 Å². The Bertz CT molecular complexity index is 355. The summed E-state index contributed by atoms with van der Waals surface area (Å²) in [4.78, 5) is 0. The smallest absolute Gasteiger partial charge is 0.0951 e. The standard InChI is InChI=1S/C18H36O2S2Si/c1-14(2)23(15(3)4,16(5)6)18(21-11-8-12-22-18)10-7-9-17(20)13-19/h7,9,14-17,19-20H,8,10-13H2,1-6H3/b9-7+/t17-/m0/s1. The van der Waals surface area contributed by atoms with E-state index in [4.69, 9.17) is 5.11 Å². The largest absolute Gasteiger partial charge is 0.393 e. The highest BCUT2D eigenvalue weighted by Gasteiger charge is 2.59. The van der Waals surface area contributed by atoms with Crippen LogP contribution in [0.2, 0.25) is 16.6 Å². The van der Waals surface area contributed by atoms with Gasteiger partial charge in [0.1, 0.15) is 0 Å². The summed E-state index contributed by atoms with van der Waals surface area (Å²) in [5.74, 6) is 2.51. The summed E-state index contributed by atoms with van der Waals surface area (Å²) in [7, 11) is -1.63. The van der Waals surface area contributed by atoms with Gasteiger partial charge in [-0.25, -0.2) is 0 Å². The summed E-state index contributed by atoms with van der Waals surface area (Å²) in [5.41, 5.74) is 2.20. The van der Waals surface area contributed by atoms with E-state index >= 15 is 0 Å². The van der Waals surface area contributed by atoms with Gasteiger partial charge in [0, 0.05) is 0 Å². The number of rotatable bonds is 8. The molecule has 1 fully saturated rings. The molecule has 5 heteroatoms. The highest BCUT2D eigenvalue weighted by atomic mass is 32.2. The van der Waals surface area contributed by atoms with Crippen LogP contribution in [0, 0.1) is 0 Å².